The molecule has 0 bridgehead atoms. The molecular weight excluding hydrogens is 268 g/mol. The van der Waals surface area contributed by atoms with Crippen LogP contribution >= 0.6 is 27.7 Å². The van der Waals surface area contributed by atoms with E-state index in [2.05, 4.69) is 52.0 Å². The molecule has 0 heterocycles. The highest BCUT2D eigenvalue weighted by atomic mass is 79.9. The number of halogens is 1. The van der Waals surface area contributed by atoms with Crippen molar-refractivity contribution in [1.82, 2.24) is 0 Å². The molecule has 2 rings (SSSR count). The minimum atomic E-state index is 0.849. The summed E-state index contributed by atoms with van der Waals surface area (Å²) in [7, 11) is 0. The zero-order chi connectivity index (χ0) is 10.5. The topological polar surface area (TPSA) is 0 Å². The lowest BCUT2D eigenvalue weighted by atomic mass is 10.2. The van der Waals surface area contributed by atoms with Crippen LogP contribution in [0.2, 0.25) is 0 Å². The van der Waals surface area contributed by atoms with E-state index in [1.807, 2.05) is 0 Å². The summed E-state index contributed by atoms with van der Waals surface area (Å²) >= 11 is 5.59. The van der Waals surface area contributed by atoms with Gasteiger partial charge in [-0.15, -0.1) is 11.8 Å². The molecular formula is C13H17BrS. The van der Waals surface area contributed by atoms with E-state index in [-0.39, 0.29) is 0 Å². The molecule has 0 aliphatic heterocycles. The molecule has 1 aliphatic rings. The maximum Gasteiger partial charge on any atom is 0.0186 e. The zero-order valence-corrected chi connectivity index (χ0v) is 11.3. The van der Waals surface area contributed by atoms with Gasteiger partial charge in [0.15, 0.2) is 0 Å². The van der Waals surface area contributed by atoms with Crippen LogP contribution in [0.3, 0.4) is 0 Å². The Morgan fingerprint density at radius 3 is 2.47 bits per heavy atom. The first kappa shape index (κ1) is 11.5. The average Bonchev–Trinajstić information content (AvgIpc) is 2.46. The van der Waals surface area contributed by atoms with Crippen molar-refractivity contribution in [1.29, 1.82) is 0 Å². The first-order valence-electron chi connectivity index (χ1n) is 5.77. The summed E-state index contributed by atoms with van der Waals surface area (Å²) in [6.07, 6.45) is 8.52. The SMILES string of the molecule is Brc1cccc(SC2CCCCCC2)c1. The number of hydrogen-bond donors (Lipinski definition) is 0. The number of rotatable bonds is 2. The zero-order valence-electron chi connectivity index (χ0n) is 8.92. The third-order valence-electron chi connectivity index (χ3n) is 2.90. The summed E-state index contributed by atoms with van der Waals surface area (Å²) in [6.45, 7) is 0. The molecule has 1 fully saturated rings. The van der Waals surface area contributed by atoms with Crippen molar-refractivity contribution in [3.63, 3.8) is 0 Å². The van der Waals surface area contributed by atoms with Gasteiger partial charge in [-0.05, 0) is 31.0 Å². The van der Waals surface area contributed by atoms with Crippen LogP contribution in [0.4, 0.5) is 0 Å². The minimum absolute atomic E-state index is 0.849. The molecule has 1 aromatic rings. The molecule has 0 radical (unpaired) electrons. The smallest absolute Gasteiger partial charge is 0.0186 e. The third-order valence-corrected chi connectivity index (χ3v) is 4.73. The van der Waals surface area contributed by atoms with E-state index in [4.69, 9.17) is 0 Å². The van der Waals surface area contributed by atoms with Crippen molar-refractivity contribution in [2.24, 2.45) is 0 Å². The second kappa shape index (κ2) is 5.95. The Bertz CT molecular complexity index is 303. The van der Waals surface area contributed by atoms with Gasteiger partial charge in [-0.1, -0.05) is 47.7 Å². The monoisotopic (exact) mass is 284 g/mol. The molecule has 0 N–H and O–H groups in total. The molecule has 2 heteroatoms. The number of benzene rings is 1. The standard InChI is InChI=1S/C13H17BrS/c14-11-6-5-9-13(10-11)15-12-7-3-1-2-4-8-12/h5-6,9-10,12H,1-4,7-8H2. The summed E-state index contributed by atoms with van der Waals surface area (Å²) in [5.41, 5.74) is 0. The van der Waals surface area contributed by atoms with Gasteiger partial charge in [0.1, 0.15) is 0 Å². The molecule has 0 atom stereocenters. The lowest BCUT2D eigenvalue weighted by Gasteiger charge is -2.13. The Balaban J connectivity index is 1.95. The highest BCUT2D eigenvalue weighted by Crippen LogP contribution is 2.33. The maximum atomic E-state index is 3.53. The maximum absolute atomic E-state index is 3.53. The molecule has 0 nitrogen and oxygen atoms in total. The van der Waals surface area contributed by atoms with Crippen molar-refractivity contribution >= 4 is 27.7 Å². The highest BCUT2D eigenvalue weighted by molar-refractivity contribution is 9.10. The van der Waals surface area contributed by atoms with E-state index in [0.29, 0.717) is 0 Å². The van der Waals surface area contributed by atoms with Gasteiger partial charge in [0.25, 0.3) is 0 Å². The third kappa shape index (κ3) is 3.84. The minimum Gasteiger partial charge on any atom is -0.123 e. The Hall–Kier alpha value is 0.0500. The van der Waals surface area contributed by atoms with E-state index in [9.17, 15) is 0 Å². The summed E-state index contributed by atoms with van der Waals surface area (Å²) in [5.74, 6) is 0. The lowest BCUT2D eigenvalue weighted by Crippen LogP contribution is -1.99. The first-order valence-corrected chi connectivity index (χ1v) is 7.44. The van der Waals surface area contributed by atoms with Gasteiger partial charge in [-0.25, -0.2) is 0 Å². The molecule has 1 aromatic carbocycles. The molecule has 1 saturated carbocycles. The van der Waals surface area contributed by atoms with Crippen molar-refractivity contribution in [3.05, 3.63) is 28.7 Å². The molecule has 82 valence electrons. The van der Waals surface area contributed by atoms with Crippen LogP contribution < -0.4 is 0 Å². The van der Waals surface area contributed by atoms with E-state index >= 15 is 0 Å². The second-order valence-corrected chi connectivity index (χ2v) is 6.48. The van der Waals surface area contributed by atoms with Crippen LogP contribution in [0.25, 0.3) is 0 Å². The average molecular weight is 285 g/mol. The summed E-state index contributed by atoms with van der Waals surface area (Å²) < 4.78 is 1.20. The van der Waals surface area contributed by atoms with Gasteiger partial charge >= 0.3 is 0 Å². The van der Waals surface area contributed by atoms with Crippen LogP contribution in [0.15, 0.2) is 33.6 Å². The molecule has 0 unspecified atom stereocenters. The Labute approximate surface area is 105 Å². The molecule has 0 aromatic heterocycles. The van der Waals surface area contributed by atoms with Crippen molar-refractivity contribution in [2.45, 2.75) is 48.7 Å². The van der Waals surface area contributed by atoms with Crippen LogP contribution in [-0.2, 0) is 0 Å². The number of hydrogen-bond acceptors (Lipinski definition) is 1. The quantitative estimate of drug-likeness (QED) is 0.667. The second-order valence-electron chi connectivity index (χ2n) is 4.19. The van der Waals surface area contributed by atoms with Gasteiger partial charge in [-0.3, -0.25) is 0 Å². The summed E-state index contributed by atoms with van der Waals surface area (Å²) in [6, 6.07) is 8.68. The van der Waals surface area contributed by atoms with Crippen molar-refractivity contribution < 1.29 is 0 Å². The predicted molar refractivity (Wildman–Crippen MR) is 71.5 cm³/mol. The Kier molecular flexibility index (Phi) is 4.58. The normalized spacial score (nSPS) is 18.7. The van der Waals surface area contributed by atoms with E-state index in [0.717, 1.165) is 5.25 Å². The van der Waals surface area contributed by atoms with Crippen LogP contribution in [0.1, 0.15) is 38.5 Å². The molecule has 0 spiro atoms. The van der Waals surface area contributed by atoms with Crippen LogP contribution in [0, 0.1) is 0 Å². The Morgan fingerprint density at radius 2 is 1.80 bits per heavy atom. The molecule has 0 amide bonds. The molecule has 1 aliphatic carbocycles. The van der Waals surface area contributed by atoms with Gasteiger partial charge in [0, 0.05) is 14.6 Å². The van der Waals surface area contributed by atoms with Gasteiger partial charge in [0.2, 0.25) is 0 Å². The lowest BCUT2D eigenvalue weighted by molar-refractivity contribution is 0.702. The fourth-order valence-corrected chi connectivity index (χ4v) is 3.95. The fraction of sp³-hybridized carbons (Fsp3) is 0.538. The van der Waals surface area contributed by atoms with Gasteiger partial charge in [0.05, 0.1) is 0 Å². The molecule has 0 saturated heterocycles. The molecule has 15 heavy (non-hydrogen) atoms. The first-order chi connectivity index (χ1) is 7.34. The van der Waals surface area contributed by atoms with E-state index in [1.165, 1.54) is 47.9 Å². The van der Waals surface area contributed by atoms with Crippen molar-refractivity contribution in [2.75, 3.05) is 0 Å². The fourth-order valence-electron chi connectivity index (χ4n) is 2.09. The largest absolute Gasteiger partial charge is 0.123 e. The van der Waals surface area contributed by atoms with E-state index in [1.54, 1.807) is 0 Å². The van der Waals surface area contributed by atoms with Crippen LogP contribution in [0.5, 0.6) is 0 Å². The number of thioether (sulfide) groups is 1. The highest BCUT2D eigenvalue weighted by Gasteiger charge is 2.13. The Morgan fingerprint density at radius 1 is 1.07 bits per heavy atom. The van der Waals surface area contributed by atoms with Crippen LogP contribution in [-0.4, -0.2) is 5.25 Å². The van der Waals surface area contributed by atoms with Gasteiger partial charge in [-0.2, -0.15) is 0 Å². The van der Waals surface area contributed by atoms with Gasteiger partial charge < -0.3 is 0 Å². The van der Waals surface area contributed by atoms with Crippen molar-refractivity contribution in [3.8, 4) is 0 Å². The predicted octanol–water partition coefficient (Wildman–Crippen LogP) is 5.26. The summed E-state index contributed by atoms with van der Waals surface area (Å²) in [4.78, 5) is 1.41. The van der Waals surface area contributed by atoms with E-state index < -0.39 is 0 Å². The summed E-state index contributed by atoms with van der Waals surface area (Å²) in [5, 5.41) is 0.849.